The van der Waals surface area contributed by atoms with Crippen LogP contribution in [0, 0.1) is 11.7 Å². The van der Waals surface area contributed by atoms with Crippen LogP contribution in [0.5, 0.6) is 0 Å². The molecule has 0 aromatic heterocycles. The van der Waals surface area contributed by atoms with Gasteiger partial charge in [0.2, 0.25) is 5.91 Å². The van der Waals surface area contributed by atoms with Crippen molar-refractivity contribution in [1.82, 2.24) is 9.80 Å². The predicted octanol–water partition coefficient (Wildman–Crippen LogP) is 5.71. The highest BCUT2D eigenvalue weighted by Crippen LogP contribution is 2.57. The molecule has 2 aromatic carbocycles. The van der Waals surface area contributed by atoms with Crippen LogP contribution in [0.25, 0.3) is 0 Å². The first-order chi connectivity index (χ1) is 21.5. The molecule has 3 aliphatic heterocycles. The summed E-state index contributed by atoms with van der Waals surface area (Å²) in [6, 6.07) is 4.81. The first-order valence-corrected chi connectivity index (χ1v) is 16.3. The SMILES string of the molecule is O=C([C@@H]1C[C@H]2CC1=CN2C1COC1)N1CC[C@@]2(S(=O)(=O)c3ccc(F)cc3)c3ccc(C(F)(C(F)(F)F)C(F)(F)F)cc3CC[C@@H]12. The minimum absolute atomic E-state index is 0.0438. The van der Waals surface area contributed by atoms with Gasteiger partial charge in [-0.05, 0) is 79.3 Å². The quantitative estimate of drug-likeness (QED) is 0.300. The minimum Gasteiger partial charge on any atom is -0.377 e. The summed E-state index contributed by atoms with van der Waals surface area (Å²) in [6.45, 7) is 1.14. The van der Waals surface area contributed by atoms with Crippen molar-refractivity contribution in [2.45, 2.75) is 77.9 Å². The monoisotopic (exact) mass is 676 g/mol. The summed E-state index contributed by atoms with van der Waals surface area (Å²) >= 11 is 0. The molecular formula is C31H28F8N2O4S. The van der Waals surface area contributed by atoms with E-state index in [1.165, 1.54) is 4.90 Å². The third-order valence-electron chi connectivity index (χ3n) is 10.5. The molecule has 4 atom stereocenters. The van der Waals surface area contributed by atoms with Crippen LogP contribution >= 0.6 is 0 Å². The number of halogens is 8. The molecule has 248 valence electrons. The maximum atomic E-state index is 15.1. The highest BCUT2D eigenvalue weighted by molar-refractivity contribution is 7.92. The lowest BCUT2D eigenvalue weighted by Gasteiger charge is -2.44. The van der Waals surface area contributed by atoms with Crippen LogP contribution < -0.4 is 0 Å². The van der Waals surface area contributed by atoms with E-state index < -0.39 is 55.9 Å². The Labute approximate surface area is 258 Å². The van der Waals surface area contributed by atoms with Gasteiger partial charge in [-0.1, -0.05) is 18.2 Å². The molecular weight excluding hydrogens is 648 g/mol. The number of hydrogen-bond donors (Lipinski definition) is 0. The number of likely N-dealkylation sites (tertiary alicyclic amines) is 1. The topological polar surface area (TPSA) is 66.9 Å². The fourth-order valence-corrected chi connectivity index (χ4v) is 10.5. The normalized spacial score (nSPS) is 28.2. The molecule has 46 heavy (non-hydrogen) atoms. The summed E-state index contributed by atoms with van der Waals surface area (Å²) in [6.07, 6.45) is -10.0. The number of ether oxygens (including phenoxy) is 1. The number of amides is 1. The first-order valence-electron chi connectivity index (χ1n) is 14.8. The second kappa shape index (κ2) is 10.1. The Balaban J connectivity index is 1.31. The van der Waals surface area contributed by atoms with Crippen molar-refractivity contribution < 1.29 is 53.1 Å². The maximum absolute atomic E-state index is 15.1. The largest absolute Gasteiger partial charge is 0.435 e. The zero-order valence-corrected chi connectivity index (χ0v) is 24.9. The lowest BCUT2D eigenvalue weighted by molar-refractivity contribution is -0.348. The van der Waals surface area contributed by atoms with Crippen molar-refractivity contribution in [1.29, 1.82) is 0 Å². The van der Waals surface area contributed by atoms with Crippen LogP contribution in [0.2, 0.25) is 0 Å². The molecule has 2 saturated heterocycles. The van der Waals surface area contributed by atoms with Gasteiger partial charge in [0, 0.05) is 18.2 Å². The smallest absolute Gasteiger partial charge is 0.377 e. The van der Waals surface area contributed by atoms with Crippen LogP contribution in [-0.2, 0) is 36.2 Å². The molecule has 3 heterocycles. The molecule has 6 nitrogen and oxygen atoms in total. The lowest BCUT2D eigenvalue weighted by atomic mass is 9.76. The zero-order chi connectivity index (χ0) is 33.0. The number of alkyl halides is 7. The molecule has 3 fully saturated rings. The third kappa shape index (κ3) is 4.22. The molecule has 7 rings (SSSR count). The van der Waals surface area contributed by atoms with Crippen molar-refractivity contribution in [3.63, 3.8) is 0 Å². The molecule has 0 spiro atoms. The summed E-state index contributed by atoms with van der Waals surface area (Å²) in [5, 5.41) is 0. The predicted molar refractivity (Wildman–Crippen MR) is 146 cm³/mol. The van der Waals surface area contributed by atoms with Crippen molar-refractivity contribution in [2.75, 3.05) is 19.8 Å². The molecule has 1 amide bonds. The molecule has 2 aromatic rings. The van der Waals surface area contributed by atoms with E-state index in [1.807, 2.05) is 6.20 Å². The zero-order valence-electron chi connectivity index (χ0n) is 24.0. The van der Waals surface area contributed by atoms with Crippen LogP contribution in [0.3, 0.4) is 0 Å². The van der Waals surface area contributed by atoms with E-state index in [1.54, 1.807) is 0 Å². The van der Waals surface area contributed by atoms with Gasteiger partial charge < -0.3 is 14.5 Å². The Bertz CT molecular complexity index is 1710. The average molecular weight is 677 g/mol. The number of sulfone groups is 1. The Morgan fingerprint density at radius 2 is 1.61 bits per heavy atom. The second-order valence-electron chi connectivity index (χ2n) is 12.7. The van der Waals surface area contributed by atoms with Gasteiger partial charge in [0.25, 0.3) is 0 Å². The van der Waals surface area contributed by atoms with E-state index in [4.69, 9.17) is 4.74 Å². The van der Waals surface area contributed by atoms with Crippen LogP contribution in [0.1, 0.15) is 42.4 Å². The molecule has 1 saturated carbocycles. The minimum atomic E-state index is -6.35. The van der Waals surface area contributed by atoms with Crippen molar-refractivity contribution in [3.05, 3.63) is 76.7 Å². The van der Waals surface area contributed by atoms with E-state index >= 15 is 4.39 Å². The van der Waals surface area contributed by atoms with Gasteiger partial charge in [-0.25, -0.2) is 17.2 Å². The van der Waals surface area contributed by atoms with Gasteiger partial charge in [0.15, 0.2) is 9.84 Å². The molecule has 0 radical (unpaired) electrons. The fourth-order valence-electron chi connectivity index (χ4n) is 8.16. The van der Waals surface area contributed by atoms with E-state index in [0.29, 0.717) is 38.2 Å². The number of rotatable bonds is 5. The standard InChI is InChI=1S/C31H28F8N2O4S/c32-20-3-5-23(6-4-20)46(43,44)28-9-10-40(27(42)24-13-21-12-18(24)14-41(21)22-15-45-16-22)26(28)8-1-17-11-19(2-7-25(17)28)29(33,30(34,35)36)31(37,38)39/h2-7,11,14,21-22,24,26H,1,8-10,12-13,15-16H2/t21-,24-,26-,28-/m1/s1. The highest BCUT2D eigenvalue weighted by atomic mass is 32.2. The Morgan fingerprint density at radius 3 is 2.17 bits per heavy atom. The maximum Gasteiger partial charge on any atom is 0.435 e. The number of fused-ring (bicyclic) bond motifs is 5. The van der Waals surface area contributed by atoms with Crippen molar-refractivity contribution in [3.8, 4) is 0 Å². The van der Waals surface area contributed by atoms with Gasteiger partial charge >= 0.3 is 18.0 Å². The number of benzene rings is 2. The summed E-state index contributed by atoms with van der Waals surface area (Å²) < 4.78 is 143. The second-order valence-corrected chi connectivity index (χ2v) is 14.9. The summed E-state index contributed by atoms with van der Waals surface area (Å²) in [5.74, 6) is -1.52. The molecule has 0 unspecified atom stereocenters. The molecule has 2 bridgehead atoms. The highest BCUT2D eigenvalue weighted by Gasteiger charge is 2.74. The van der Waals surface area contributed by atoms with Gasteiger partial charge in [-0.15, -0.1) is 0 Å². The van der Waals surface area contributed by atoms with Gasteiger partial charge in [0.1, 0.15) is 10.6 Å². The summed E-state index contributed by atoms with van der Waals surface area (Å²) in [4.78, 5) is 17.5. The number of carbonyl (C=O) groups excluding carboxylic acids is 1. The lowest BCUT2D eigenvalue weighted by Crippen LogP contribution is -2.54. The van der Waals surface area contributed by atoms with E-state index in [0.717, 1.165) is 35.9 Å². The van der Waals surface area contributed by atoms with E-state index in [2.05, 4.69) is 4.90 Å². The number of nitrogens with zero attached hydrogens (tertiary/aromatic N) is 2. The van der Waals surface area contributed by atoms with Gasteiger partial charge in [-0.3, -0.25) is 4.79 Å². The number of hydrogen-bond acceptors (Lipinski definition) is 5. The summed E-state index contributed by atoms with van der Waals surface area (Å²) in [5.41, 5.74) is -6.77. The molecule has 2 aliphatic carbocycles. The molecule has 0 N–H and O–H groups in total. The molecule has 5 aliphatic rings. The van der Waals surface area contributed by atoms with Crippen molar-refractivity contribution >= 4 is 15.7 Å². The third-order valence-corrected chi connectivity index (χ3v) is 13.0. The molecule has 15 heteroatoms. The number of carbonyl (C=O) groups is 1. The van der Waals surface area contributed by atoms with Crippen LogP contribution in [-0.4, -0.2) is 74.4 Å². The number of aryl methyl sites for hydroxylation is 1. The van der Waals surface area contributed by atoms with Crippen LogP contribution in [0.15, 0.2) is 59.1 Å². The Hall–Kier alpha value is -3.20. The van der Waals surface area contributed by atoms with E-state index in [9.17, 15) is 43.9 Å². The summed E-state index contributed by atoms with van der Waals surface area (Å²) in [7, 11) is -4.55. The van der Waals surface area contributed by atoms with Gasteiger partial charge in [0.05, 0.1) is 36.1 Å². The fraction of sp³-hybridized carbons (Fsp3) is 0.516. The average Bonchev–Trinajstić information content (AvgIpc) is 3.68. The van der Waals surface area contributed by atoms with Crippen molar-refractivity contribution in [2.24, 2.45) is 5.92 Å². The van der Waals surface area contributed by atoms with E-state index in [-0.39, 0.29) is 59.8 Å². The Morgan fingerprint density at radius 1 is 0.935 bits per heavy atom. The first kappa shape index (κ1) is 31.4. The Kier molecular flexibility index (Phi) is 6.93. The van der Waals surface area contributed by atoms with Crippen LogP contribution in [0.4, 0.5) is 35.1 Å². The van der Waals surface area contributed by atoms with Gasteiger partial charge in [-0.2, -0.15) is 26.3 Å².